The summed E-state index contributed by atoms with van der Waals surface area (Å²) < 4.78 is 41.3. The fourth-order valence-corrected chi connectivity index (χ4v) is 6.30. The maximum atomic E-state index is 13.8. The standard InChI is InChI=1S/C21H18ClFN4O3S2/c22-20-15-7-9-27(17(15)6-5-16(20)23)18-8-10-26(21(18)28)13-1-3-14(4-2-13)32(29,30)25-19-11-24-12-31-19/h1-6,11-12,18,25H,7-10H2/t18-/m0/s1. The van der Waals surface area contributed by atoms with Crippen molar-refractivity contribution in [1.82, 2.24) is 4.98 Å². The molecule has 1 fully saturated rings. The molecule has 3 heterocycles. The Hall–Kier alpha value is -2.69. The van der Waals surface area contributed by atoms with Gasteiger partial charge >= 0.3 is 0 Å². The zero-order valence-electron chi connectivity index (χ0n) is 16.7. The average Bonchev–Trinajstić information content (AvgIpc) is 3.51. The SMILES string of the molecule is O=C1[C@@H](N2CCc3c2ccc(F)c3Cl)CCN1c1ccc(S(=O)(=O)Nc2cncs2)cc1. The first-order chi connectivity index (χ1) is 15.3. The van der Waals surface area contributed by atoms with Crippen LogP contribution in [0.1, 0.15) is 12.0 Å². The van der Waals surface area contributed by atoms with Crippen molar-refractivity contribution in [2.75, 3.05) is 27.6 Å². The number of nitrogens with one attached hydrogen (secondary N) is 1. The third-order valence-corrected chi connectivity index (χ3v) is 8.37. The number of carbonyl (C=O) groups excluding carboxylic acids is 1. The molecule has 1 amide bonds. The van der Waals surface area contributed by atoms with Gasteiger partial charge in [0.05, 0.1) is 21.6 Å². The van der Waals surface area contributed by atoms with Crippen LogP contribution in [0.4, 0.5) is 20.8 Å². The number of thiazole rings is 1. The molecule has 3 aromatic rings. The second-order valence-corrected chi connectivity index (χ2v) is 10.5. The highest BCUT2D eigenvalue weighted by Crippen LogP contribution is 2.38. The number of anilines is 3. The Morgan fingerprint density at radius 2 is 1.94 bits per heavy atom. The van der Waals surface area contributed by atoms with Gasteiger partial charge in [-0.1, -0.05) is 11.6 Å². The Labute approximate surface area is 193 Å². The number of sulfonamides is 1. The summed E-state index contributed by atoms with van der Waals surface area (Å²) in [5.74, 6) is -0.525. The van der Waals surface area contributed by atoms with Crippen LogP contribution >= 0.6 is 22.9 Å². The summed E-state index contributed by atoms with van der Waals surface area (Å²) in [4.78, 5) is 20.8. The third-order valence-electron chi connectivity index (χ3n) is 5.76. The van der Waals surface area contributed by atoms with Crippen LogP contribution < -0.4 is 14.5 Å². The van der Waals surface area contributed by atoms with E-state index in [0.717, 1.165) is 11.3 Å². The highest BCUT2D eigenvalue weighted by Gasteiger charge is 2.39. The molecule has 0 radical (unpaired) electrons. The molecular weight excluding hydrogens is 475 g/mol. The Bertz CT molecular complexity index is 1280. The molecule has 166 valence electrons. The van der Waals surface area contributed by atoms with Crippen molar-refractivity contribution >= 4 is 55.2 Å². The number of rotatable bonds is 5. The second kappa shape index (κ2) is 8.02. The number of carbonyl (C=O) groups is 1. The highest BCUT2D eigenvalue weighted by atomic mass is 35.5. The van der Waals surface area contributed by atoms with Gasteiger partial charge in [0.25, 0.3) is 10.0 Å². The molecule has 2 aliphatic heterocycles. The van der Waals surface area contributed by atoms with Crippen molar-refractivity contribution in [3.63, 3.8) is 0 Å². The van der Waals surface area contributed by atoms with E-state index < -0.39 is 15.8 Å². The monoisotopic (exact) mass is 492 g/mol. The number of aromatic nitrogens is 1. The van der Waals surface area contributed by atoms with Crippen molar-refractivity contribution in [3.05, 3.63) is 64.5 Å². The van der Waals surface area contributed by atoms with Gasteiger partial charge in [-0.3, -0.25) is 14.5 Å². The van der Waals surface area contributed by atoms with E-state index in [4.69, 9.17) is 11.6 Å². The summed E-state index contributed by atoms with van der Waals surface area (Å²) in [5.41, 5.74) is 3.71. The quantitative estimate of drug-likeness (QED) is 0.584. The molecule has 1 saturated heterocycles. The molecule has 0 bridgehead atoms. The minimum absolute atomic E-state index is 0.0725. The summed E-state index contributed by atoms with van der Waals surface area (Å²) in [7, 11) is -3.74. The molecule has 32 heavy (non-hydrogen) atoms. The van der Waals surface area contributed by atoms with Gasteiger partial charge in [-0.25, -0.2) is 12.8 Å². The van der Waals surface area contributed by atoms with Crippen LogP contribution in [-0.4, -0.2) is 38.4 Å². The minimum atomic E-state index is -3.74. The minimum Gasteiger partial charge on any atom is -0.359 e. The number of hydrogen-bond donors (Lipinski definition) is 1. The van der Waals surface area contributed by atoms with Crippen molar-refractivity contribution in [3.8, 4) is 0 Å². The van der Waals surface area contributed by atoms with Crippen LogP contribution in [0.25, 0.3) is 0 Å². The van der Waals surface area contributed by atoms with Gasteiger partial charge in [-0.15, -0.1) is 11.3 Å². The molecular formula is C21H18ClFN4O3S2. The van der Waals surface area contributed by atoms with E-state index in [1.807, 2.05) is 4.90 Å². The number of fused-ring (bicyclic) bond motifs is 1. The van der Waals surface area contributed by atoms with E-state index in [1.54, 1.807) is 28.6 Å². The lowest BCUT2D eigenvalue weighted by Crippen LogP contribution is -2.41. The van der Waals surface area contributed by atoms with Crippen molar-refractivity contribution < 1.29 is 17.6 Å². The van der Waals surface area contributed by atoms with Crippen LogP contribution in [-0.2, 0) is 21.2 Å². The molecule has 0 spiro atoms. The first-order valence-corrected chi connectivity index (χ1v) is 12.7. The van der Waals surface area contributed by atoms with Crippen LogP contribution in [0.5, 0.6) is 0 Å². The third kappa shape index (κ3) is 3.62. The van der Waals surface area contributed by atoms with Crippen LogP contribution in [0.15, 0.2) is 53.0 Å². The number of halogens is 2. The molecule has 2 aromatic carbocycles. The van der Waals surface area contributed by atoms with E-state index in [0.29, 0.717) is 36.6 Å². The fourth-order valence-electron chi connectivity index (χ4n) is 4.24. The summed E-state index contributed by atoms with van der Waals surface area (Å²) >= 11 is 7.30. The Kier molecular flexibility index (Phi) is 5.31. The van der Waals surface area contributed by atoms with E-state index in [-0.39, 0.29) is 21.9 Å². The summed E-state index contributed by atoms with van der Waals surface area (Å²) in [5, 5.41) is 0.550. The lowest BCUT2D eigenvalue weighted by molar-refractivity contribution is -0.118. The van der Waals surface area contributed by atoms with Gasteiger partial charge in [0.1, 0.15) is 16.9 Å². The Morgan fingerprint density at radius 3 is 2.66 bits per heavy atom. The van der Waals surface area contributed by atoms with Crippen molar-refractivity contribution in [1.29, 1.82) is 0 Å². The first-order valence-electron chi connectivity index (χ1n) is 9.91. The maximum absolute atomic E-state index is 13.8. The summed E-state index contributed by atoms with van der Waals surface area (Å²) in [6.45, 7) is 1.11. The average molecular weight is 493 g/mol. The Morgan fingerprint density at radius 1 is 1.16 bits per heavy atom. The lowest BCUT2D eigenvalue weighted by atomic mass is 10.1. The smallest absolute Gasteiger partial charge is 0.262 e. The number of nitrogens with zero attached hydrogens (tertiary/aromatic N) is 3. The fraction of sp³-hybridized carbons (Fsp3) is 0.238. The van der Waals surface area contributed by atoms with Crippen LogP contribution in [0.2, 0.25) is 5.02 Å². The number of hydrogen-bond acceptors (Lipinski definition) is 6. The number of benzene rings is 2. The molecule has 0 saturated carbocycles. The van der Waals surface area contributed by atoms with E-state index in [9.17, 15) is 17.6 Å². The molecule has 0 unspecified atom stereocenters. The maximum Gasteiger partial charge on any atom is 0.262 e. The largest absolute Gasteiger partial charge is 0.359 e. The van der Waals surface area contributed by atoms with Gasteiger partial charge in [0.15, 0.2) is 0 Å². The molecule has 2 aliphatic rings. The zero-order valence-corrected chi connectivity index (χ0v) is 19.1. The first kappa shape index (κ1) is 21.2. The van der Waals surface area contributed by atoms with E-state index in [1.165, 1.54) is 35.7 Å². The topological polar surface area (TPSA) is 82.6 Å². The van der Waals surface area contributed by atoms with Gasteiger partial charge in [0.2, 0.25) is 5.91 Å². The van der Waals surface area contributed by atoms with Crippen LogP contribution in [0, 0.1) is 5.82 Å². The predicted octanol–water partition coefficient (Wildman–Crippen LogP) is 3.90. The number of amides is 1. The molecule has 1 atom stereocenters. The zero-order chi connectivity index (χ0) is 22.5. The second-order valence-electron chi connectivity index (χ2n) is 7.56. The van der Waals surface area contributed by atoms with Crippen molar-refractivity contribution in [2.45, 2.75) is 23.8 Å². The van der Waals surface area contributed by atoms with Gasteiger partial charge < -0.3 is 9.80 Å². The molecule has 1 aromatic heterocycles. The molecule has 11 heteroatoms. The van der Waals surface area contributed by atoms with Crippen molar-refractivity contribution in [2.24, 2.45) is 0 Å². The molecule has 1 N–H and O–H groups in total. The van der Waals surface area contributed by atoms with Gasteiger partial charge in [0, 0.05) is 24.5 Å². The normalized spacial score (nSPS) is 18.3. The predicted molar refractivity (Wildman–Crippen MR) is 123 cm³/mol. The highest BCUT2D eigenvalue weighted by molar-refractivity contribution is 7.93. The van der Waals surface area contributed by atoms with Gasteiger partial charge in [-0.05, 0) is 54.8 Å². The molecule has 7 nitrogen and oxygen atoms in total. The van der Waals surface area contributed by atoms with Gasteiger partial charge in [-0.2, -0.15) is 0 Å². The molecule has 0 aliphatic carbocycles. The van der Waals surface area contributed by atoms with Crippen LogP contribution in [0.3, 0.4) is 0 Å². The summed E-state index contributed by atoms with van der Waals surface area (Å²) in [6, 6.07) is 8.86. The van der Waals surface area contributed by atoms with E-state index >= 15 is 0 Å². The summed E-state index contributed by atoms with van der Waals surface area (Å²) in [6.07, 6.45) is 2.65. The lowest BCUT2D eigenvalue weighted by Gasteiger charge is -2.26. The molecule has 5 rings (SSSR count). The Balaban J connectivity index is 1.33. The van der Waals surface area contributed by atoms with E-state index in [2.05, 4.69) is 9.71 Å².